The molecule has 3 aromatic rings. The topological polar surface area (TPSA) is 94.1 Å². The van der Waals surface area contributed by atoms with Crippen LogP contribution in [0, 0.1) is 5.92 Å². The molecule has 222 valence electrons. The Labute approximate surface area is 248 Å². The zero-order chi connectivity index (χ0) is 28.9. The van der Waals surface area contributed by atoms with Crippen LogP contribution in [0.25, 0.3) is 22.6 Å². The summed E-state index contributed by atoms with van der Waals surface area (Å²) in [6.07, 6.45) is 2.47. The highest BCUT2D eigenvalue weighted by Crippen LogP contribution is 2.28. The summed E-state index contributed by atoms with van der Waals surface area (Å²) < 4.78 is 5.57. The van der Waals surface area contributed by atoms with Gasteiger partial charge in [-0.1, -0.05) is 30.3 Å². The number of piperazine rings is 1. The van der Waals surface area contributed by atoms with Crippen LogP contribution in [0.1, 0.15) is 35.7 Å². The first kappa shape index (κ1) is 28.7. The third-order valence-corrected chi connectivity index (χ3v) is 9.06. The van der Waals surface area contributed by atoms with Crippen LogP contribution < -0.4 is 10.2 Å². The molecule has 4 heterocycles. The van der Waals surface area contributed by atoms with E-state index in [1.165, 1.54) is 12.8 Å². The lowest BCUT2D eigenvalue weighted by molar-refractivity contribution is 0.0488. The van der Waals surface area contributed by atoms with Gasteiger partial charge in [-0.2, -0.15) is 0 Å². The molecule has 1 amide bonds. The lowest BCUT2D eigenvalue weighted by Gasteiger charge is -2.42. The van der Waals surface area contributed by atoms with Crippen LogP contribution in [0.2, 0.25) is 0 Å². The number of hydrogen-bond donors (Lipinski definition) is 2. The summed E-state index contributed by atoms with van der Waals surface area (Å²) in [5.41, 5.74) is 4.00. The van der Waals surface area contributed by atoms with Gasteiger partial charge in [0.05, 0.1) is 25.5 Å². The molecule has 0 saturated carbocycles. The van der Waals surface area contributed by atoms with Crippen molar-refractivity contribution in [2.45, 2.75) is 32.4 Å². The molecule has 6 rings (SSSR count). The van der Waals surface area contributed by atoms with Crippen LogP contribution in [0.15, 0.2) is 54.6 Å². The molecule has 0 radical (unpaired) electrons. The van der Waals surface area contributed by atoms with E-state index in [2.05, 4.69) is 22.0 Å². The predicted molar refractivity (Wildman–Crippen MR) is 164 cm³/mol. The molecule has 0 spiro atoms. The highest BCUT2D eigenvalue weighted by molar-refractivity contribution is 5.95. The van der Waals surface area contributed by atoms with Crippen LogP contribution in [-0.2, 0) is 11.3 Å². The molecule has 3 fully saturated rings. The van der Waals surface area contributed by atoms with Gasteiger partial charge in [0.25, 0.3) is 5.91 Å². The molecule has 3 aliphatic rings. The van der Waals surface area contributed by atoms with Gasteiger partial charge in [0.2, 0.25) is 0 Å². The van der Waals surface area contributed by atoms with E-state index < -0.39 is 0 Å². The number of aromatic nitrogens is 2. The number of rotatable bonds is 7. The minimum atomic E-state index is -0.0424. The molecular formula is C33H42N6O3. The van der Waals surface area contributed by atoms with E-state index in [-0.39, 0.29) is 12.5 Å². The first-order valence-electron chi connectivity index (χ1n) is 15.4. The first-order valence-corrected chi connectivity index (χ1v) is 15.4. The summed E-state index contributed by atoms with van der Waals surface area (Å²) in [7, 11) is 0. The van der Waals surface area contributed by atoms with Gasteiger partial charge in [-0.15, -0.1) is 0 Å². The van der Waals surface area contributed by atoms with Gasteiger partial charge in [0, 0.05) is 68.1 Å². The number of piperidine rings is 1. The fourth-order valence-electron chi connectivity index (χ4n) is 6.43. The van der Waals surface area contributed by atoms with Crippen molar-refractivity contribution in [2.24, 2.45) is 5.92 Å². The molecule has 2 N–H and O–H groups in total. The Morgan fingerprint density at radius 3 is 2.45 bits per heavy atom. The summed E-state index contributed by atoms with van der Waals surface area (Å²) >= 11 is 0. The van der Waals surface area contributed by atoms with Crippen molar-refractivity contribution in [3.05, 3.63) is 65.7 Å². The summed E-state index contributed by atoms with van der Waals surface area (Å²) in [5, 5.41) is 13.2. The average molecular weight is 571 g/mol. The second-order valence-electron chi connectivity index (χ2n) is 11.6. The minimum Gasteiger partial charge on any atom is -0.392 e. The third kappa shape index (κ3) is 6.49. The second kappa shape index (κ2) is 13.3. The standard InChI is InChI=1S/C33H42N6O3/c1-24(26-8-10-34-11-9-26)37-12-14-39(15-13-37)33(41)29-7-3-5-27(21-29)30-22-31(38-16-18-42-19-17-38)36-32(35-30)28-6-2-4-25(20-28)23-40/h2-7,20-22,24,26,34,40H,8-19,23H2,1H3. The van der Waals surface area contributed by atoms with Crippen molar-refractivity contribution in [3.63, 3.8) is 0 Å². The van der Waals surface area contributed by atoms with E-state index in [0.29, 0.717) is 30.6 Å². The van der Waals surface area contributed by atoms with Gasteiger partial charge in [-0.05, 0) is 62.5 Å². The SMILES string of the molecule is CC(C1CCNCC1)N1CCN(C(=O)c2cccc(-c3cc(N4CCOCC4)nc(-c4cccc(CO)c4)n3)c2)CC1. The Morgan fingerprint density at radius 2 is 1.69 bits per heavy atom. The van der Waals surface area contributed by atoms with E-state index >= 15 is 0 Å². The van der Waals surface area contributed by atoms with Crippen molar-refractivity contribution < 1.29 is 14.6 Å². The molecule has 9 nitrogen and oxygen atoms in total. The normalized spacial score (nSPS) is 19.6. The summed E-state index contributed by atoms with van der Waals surface area (Å²) in [5.74, 6) is 2.24. The number of morpholine rings is 1. The van der Waals surface area contributed by atoms with Crippen molar-refractivity contribution in [2.75, 3.05) is 70.5 Å². The predicted octanol–water partition coefficient (Wildman–Crippen LogP) is 3.29. The maximum atomic E-state index is 13.7. The molecule has 0 bridgehead atoms. The number of aliphatic hydroxyl groups excluding tert-OH is 1. The van der Waals surface area contributed by atoms with Crippen LogP contribution >= 0.6 is 0 Å². The lowest BCUT2D eigenvalue weighted by atomic mass is 9.90. The molecule has 3 aliphatic heterocycles. The Balaban J connectivity index is 1.22. The monoisotopic (exact) mass is 570 g/mol. The van der Waals surface area contributed by atoms with Crippen molar-refractivity contribution in [3.8, 4) is 22.6 Å². The van der Waals surface area contributed by atoms with Crippen molar-refractivity contribution >= 4 is 11.7 Å². The maximum Gasteiger partial charge on any atom is 0.253 e. The molecule has 42 heavy (non-hydrogen) atoms. The third-order valence-electron chi connectivity index (χ3n) is 9.06. The van der Waals surface area contributed by atoms with Gasteiger partial charge in [-0.3, -0.25) is 9.69 Å². The highest BCUT2D eigenvalue weighted by atomic mass is 16.5. The molecule has 9 heteroatoms. The zero-order valence-electron chi connectivity index (χ0n) is 24.5. The molecule has 1 unspecified atom stereocenters. The van der Waals surface area contributed by atoms with E-state index in [1.807, 2.05) is 59.5 Å². The Morgan fingerprint density at radius 1 is 0.952 bits per heavy atom. The number of amides is 1. The van der Waals surface area contributed by atoms with Gasteiger partial charge in [0.1, 0.15) is 5.82 Å². The lowest BCUT2D eigenvalue weighted by Crippen LogP contribution is -2.53. The van der Waals surface area contributed by atoms with Crippen LogP contribution in [0.4, 0.5) is 5.82 Å². The van der Waals surface area contributed by atoms with Gasteiger partial charge >= 0.3 is 0 Å². The Kier molecular flexibility index (Phi) is 9.09. The number of benzene rings is 2. The minimum absolute atomic E-state index is 0.0424. The number of nitrogens with zero attached hydrogens (tertiary/aromatic N) is 5. The van der Waals surface area contributed by atoms with Crippen molar-refractivity contribution in [1.29, 1.82) is 0 Å². The second-order valence-corrected chi connectivity index (χ2v) is 11.6. The van der Waals surface area contributed by atoms with Crippen LogP contribution in [0.3, 0.4) is 0 Å². The number of carbonyl (C=O) groups is 1. The summed E-state index contributed by atoms with van der Waals surface area (Å²) in [4.78, 5) is 30.3. The molecule has 0 aliphatic carbocycles. The summed E-state index contributed by atoms with van der Waals surface area (Å²) in [6, 6.07) is 18.1. The maximum absolute atomic E-state index is 13.7. The zero-order valence-corrected chi connectivity index (χ0v) is 24.5. The van der Waals surface area contributed by atoms with Crippen molar-refractivity contribution in [1.82, 2.24) is 25.1 Å². The molecule has 2 aromatic carbocycles. The summed E-state index contributed by atoms with van der Waals surface area (Å²) in [6.45, 7) is 10.7. The number of anilines is 1. The van der Waals surface area contributed by atoms with E-state index in [0.717, 1.165) is 86.5 Å². The van der Waals surface area contributed by atoms with E-state index in [9.17, 15) is 9.90 Å². The number of carbonyl (C=O) groups excluding carboxylic acids is 1. The average Bonchev–Trinajstić information content (AvgIpc) is 3.08. The largest absolute Gasteiger partial charge is 0.392 e. The number of ether oxygens (including phenoxy) is 1. The molecular weight excluding hydrogens is 528 g/mol. The van der Waals surface area contributed by atoms with Gasteiger partial charge in [-0.25, -0.2) is 9.97 Å². The molecule has 1 aromatic heterocycles. The van der Waals surface area contributed by atoms with Crippen LogP contribution in [-0.4, -0.2) is 102 Å². The first-order chi connectivity index (χ1) is 20.6. The fraction of sp³-hybridized carbons (Fsp3) is 0.485. The number of nitrogens with one attached hydrogen (secondary N) is 1. The number of aliphatic hydroxyl groups is 1. The Bertz CT molecular complexity index is 1360. The van der Waals surface area contributed by atoms with Gasteiger partial charge < -0.3 is 25.0 Å². The van der Waals surface area contributed by atoms with E-state index in [4.69, 9.17) is 14.7 Å². The molecule has 3 saturated heterocycles. The van der Waals surface area contributed by atoms with E-state index in [1.54, 1.807) is 0 Å². The smallest absolute Gasteiger partial charge is 0.253 e. The number of hydrogen-bond acceptors (Lipinski definition) is 8. The van der Waals surface area contributed by atoms with Crippen LogP contribution in [0.5, 0.6) is 0 Å². The fourth-order valence-corrected chi connectivity index (χ4v) is 6.43. The molecule has 1 atom stereocenters. The van der Waals surface area contributed by atoms with Gasteiger partial charge in [0.15, 0.2) is 5.82 Å². The Hall–Kier alpha value is -3.37. The highest BCUT2D eigenvalue weighted by Gasteiger charge is 2.29. The quantitative estimate of drug-likeness (QED) is 0.447.